The maximum absolute atomic E-state index is 13.8. The highest BCUT2D eigenvalue weighted by atomic mass is 32.2. The molecule has 18 heteroatoms. The van der Waals surface area contributed by atoms with Crippen molar-refractivity contribution >= 4 is 56.6 Å². The number of unbranched alkanes of at least 4 members (excludes halogenated alkanes) is 1. The van der Waals surface area contributed by atoms with Crippen molar-refractivity contribution in [1.82, 2.24) is 16.0 Å². The van der Waals surface area contributed by atoms with Gasteiger partial charge in [0.05, 0.1) is 37.4 Å². The van der Waals surface area contributed by atoms with E-state index in [-0.39, 0.29) is 54.2 Å². The van der Waals surface area contributed by atoms with Gasteiger partial charge in [-0.3, -0.25) is 24.1 Å². The van der Waals surface area contributed by atoms with Crippen LogP contribution >= 0.6 is 11.8 Å². The van der Waals surface area contributed by atoms with Crippen LogP contribution in [0.25, 0.3) is 0 Å². The number of aryl methyl sites for hydroxylation is 1. The van der Waals surface area contributed by atoms with Crippen LogP contribution in [0.15, 0.2) is 39.3 Å². The maximum Gasteiger partial charge on any atom is 0.413 e. The number of benzene rings is 1. The third kappa shape index (κ3) is 10.4. The van der Waals surface area contributed by atoms with E-state index >= 15 is 0 Å². The molecule has 3 atom stereocenters. The van der Waals surface area contributed by atoms with E-state index in [1.54, 1.807) is 32.9 Å². The Kier molecular flexibility index (Phi) is 12.7. The van der Waals surface area contributed by atoms with E-state index < -0.39 is 69.9 Å². The first-order valence-electron chi connectivity index (χ1n) is 15.9. The van der Waals surface area contributed by atoms with Gasteiger partial charge in [0.25, 0.3) is 16.0 Å². The highest BCUT2D eigenvalue weighted by Gasteiger charge is 2.47. The SMILES string of the molecule is CCCCOC(=O)C1(O/N=C(\C(=O)N[C@@H]2C(=O)N[C@@H]2COS(=O)(=O)c2ccc(C)cc2)C2CSC(NC(=O)OC(C)(C)C)=N2)CCOCC1. The minimum atomic E-state index is -4.15. The number of amidine groups is 1. The number of alkyl carbamates (subject to hydrolysis) is 1. The van der Waals surface area contributed by atoms with Crippen molar-refractivity contribution in [1.29, 1.82) is 0 Å². The summed E-state index contributed by atoms with van der Waals surface area (Å²) >= 11 is 1.12. The Morgan fingerprint density at radius 3 is 2.49 bits per heavy atom. The third-order valence-electron chi connectivity index (χ3n) is 7.54. The third-order valence-corrected chi connectivity index (χ3v) is 9.80. The standard InChI is InChI=1S/C31H43N5O11S2/c1-6-7-14-44-27(39)31(12-15-43-16-13-31)47-36-24(22-18-48-28(33-22)35-29(40)46-30(3,4)5)26(38)34-23-21(32-25(23)37)17-45-49(41,42)20-10-8-19(2)9-11-20/h8-11,21-23H,6-7,12-18H2,1-5H3,(H,32,37)(H,34,38)(H,33,35,40)/b36-24-/t21-,22?,23+/m1/s1. The molecule has 49 heavy (non-hydrogen) atoms. The Balaban J connectivity index is 1.53. The smallest absolute Gasteiger partial charge is 0.413 e. The summed E-state index contributed by atoms with van der Waals surface area (Å²) in [5.41, 5.74) is -1.71. The van der Waals surface area contributed by atoms with Crippen molar-refractivity contribution < 1.29 is 50.8 Å². The fraction of sp³-hybridized carbons (Fsp3) is 0.613. The molecule has 3 amide bonds. The minimum absolute atomic E-state index is 0.0569. The van der Waals surface area contributed by atoms with Gasteiger partial charge in [0.1, 0.15) is 17.7 Å². The van der Waals surface area contributed by atoms with Gasteiger partial charge in [-0.05, 0) is 46.2 Å². The molecular weight excluding hydrogens is 682 g/mol. The Morgan fingerprint density at radius 2 is 1.86 bits per heavy atom. The number of aliphatic imine (C=N–C) groups is 1. The first-order chi connectivity index (χ1) is 23.1. The zero-order valence-corrected chi connectivity index (χ0v) is 29.7. The van der Waals surface area contributed by atoms with Gasteiger partial charge in [0.15, 0.2) is 10.9 Å². The predicted molar refractivity (Wildman–Crippen MR) is 178 cm³/mol. The van der Waals surface area contributed by atoms with Crippen LogP contribution < -0.4 is 16.0 Å². The second kappa shape index (κ2) is 16.3. The molecule has 0 radical (unpaired) electrons. The van der Waals surface area contributed by atoms with Gasteiger partial charge in [-0.15, -0.1) is 0 Å². The summed E-state index contributed by atoms with van der Waals surface area (Å²) in [4.78, 5) is 62.1. The highest BCUT2D eigenvalue weighted by molar-refractivity contribution is 8.14. The molecule has 270 valence electrons. The molecule has 2 fully saturated rings. The van der Waals surface area contributed by atoms with Gasteiger partial charge < -0.3 is 29.7 Å². The maximum atomic E-state index is 13.8. The fourth-order valence-electron chi connectivity index (χ4n) is 4.74. The molecule has 1 unspecified atom stereocenters. The van der Waals surface area contributed by atoms with Gasteiger partial charge in [-0.1, -0.05) is 48.0 Å². The van der Waals surface area contributed by atoms with E-state index in [9.17, 15) is 27.6 Å². The number of esters is 1. The average Bonchev–Trinajstić information content (AvgIpc) is 3.49. The Labute approximate surface area is 289 Å². The molecule has 3 aliphatic rings. The molecule has 16 nitrogen and oxygen atoms in total. The van der Waals surface area contributed by atoms with E-state index in [0.717, 1.165) is 23.7 Å². The second-order valence-electron chi connectivity index (χ2n) is 12.7. The van der Waals surface area contributed by atoms with Crippen LogP contribution in [0.1, 0.15) is 58.9 Å². The van der Waals surface area contributed by atoms with E-state index in [0.29, 0.717) is 6.42 Å². The monoisotopic (exact) mass is 725 g/mol. The lowest BCUT2D eigenvalue weighted by atomic mass is 9.94. The van der Waals surface area contributed by atoms with Crippen molar-refractivity contribution in [2.45, 2.75) is 94.5 Å². The first kappa shape index (κ1) is 38.1. The summed E-state index contributed by atoms with van der Waals surface area (Å²) in [7, 11) is -4.15. The normalized spacial score (nSPS) is 22.2. The quantitative estimate of drug-likeness (QED) is 0.0666. The lowest BCUT2D eigenvalue weighted by molar-refractivity contribution is -0.185. The van der Waals surface area contributed by atoms with Gasteiger partial charge >= 0.3 is 12.1 Å². The van der Waals surface area contributed by atoms with Crippen molar-refractivity contribution in [2.75, 3.05) is 32.2 Å². The molecule has 1 aromatic rings. The Bertz CT molecular complexity index is 1550. The molecule has 0 spiro atoms. The summed E-state index contributed by atoms with van der Waals surface area (Å²) in [6, 6.07) is 3.02. The van der Waals surface area contributed by atoms with Crippen LogP contribution in [0.4, 0.5) is 4.79 Å². The molecule has 0 bridgehead atoms. The lowest BCUT2D eigenvalue weighted by Crippen LogP contribution is -2.71. The largest absolute Gasteiger partial charge is 0.463 e. The van der Waals surface area contributed by atoms with Gasteiger partial charge in [0, 0.05) is 18.6 Å². The number of nitrogens with zero attached hydrogens (tertiary/aromatic N) is 2. The van der Waals surface area contributed by atoms with E-state index in [2.05, 4.69) is 26.1 Å². The molecule has 1 aromatic carbocycles. The van der Waals surface area contributed by atoms with Crippen LogP contribution in [0.5, 0.6) is 0 Å². The number of rotatable bonds is 13. The van der Waals surface area contributed by atoms with Crippen molar-refractivity contribution in [3.05, 3.63) is 29.8 Å². The molecule has 3 N–H and O–H groups in total. The zero-order chi connectivity index (χ0) is 35.8. The topological polar surface area (TPSA) is 209 Å². The number of carbonyl (C=O) groups excluding carboxylic acids is 4. The molecule has 2 saturated heterocycles. The molecule has 4 rings (SSSR count). The van der Waals surface area contributed by atoms with Gasteiger partial charge in [-0.25, -0.2) is 9.59 Å². The fourth-order valence-corrected chi connectivity index (χ4v) is 6.57. The van der Waals surface area contributed by atoms with Crippen LogP contribution in [-0.4, -0.2) is 105 Å². The number of amides is 3. The summed E-state index contributed by atoms with van der Waals surface area (Å²) in [5, 5.41) is 11.9. The van der Waals surface area contributed by atoms with Gasteiger partial charge in [0.2, 0.25) is 11.5 Å². The summed E-state index contributed by atoms with van der Waals surface area (Å²) in [6.45, 7) is 9.00. The molecule has 3 heterocycles. The number of nitrogens with one attached hydrogen (secondary N) is 3. The first-order valence-corrected chi connectivity index (χ1v) is 18.3. The predicted octanol–water partition coefficient (Wildman–Crippen LogP) is 1.94. The lowest BCUT2D eigenvalue weighted by Gasteiger charge is -2.36. The number of ether oxygens (including phenoxy) is 3. The average molecular weight is 726 g/mol. The summed E-state index contributed by atoms with van der Waals surface area (Å²) in [5.74, 6) is -1.93. The van der Waals surface area contributed by atoms with Crippen molar-refractivity contribution in [3.63, 3.8) is 0 Å². The second-order valence-corrected chi connectivity index (χ2v) is 15.3. The zero-order valence-electron chi connectivity index (χ0n) is 28.1. The van der Waals surface area contributed by atoms with E-state index in [1.165, 1.54) is 12.1 Å². The Hall–Kier alpha value is -3.74. The Morgan fingerprint density at radius 1 is 1.16 bits per heavy atom. The molecule has 0 aliphatic carbocycles. The van der Waals surface area contributed by atoms with Crippen molar-refractivity contribution in [3.8, 4) is 0 Å². The van der Waals surface area contributed by atoms with Crippen LogP contribution in [0.2, 0.25) is 0 Å². The molecule has 3 aliphatic heterocycles. The van der Waals surface area contributed by atoms with E-state index in [4.69, 9.17) is 23.2 Å². The van der Waals surface area contributed by atoms with Crippen LogP contribution in [0.3, 0.4) is 0 Å². The van der Waals surface area contributed by atoms with Gasteiger partial charge in [-0.2, -0.15) is 8.42 Å². The highest BCUT2D eigenvalue weighted by Crippen LogP contribution is 2.29. The van der Waals surface area contributed by atoms with Crippen LogP contribution in [0, 0.1) is 6.92 Å². The molecular formula is C31H43N5O11S2. The molecule has 0 saturated carbocycles. The number of hydrogen-bond acceptors (Lipinski definition) is 14. The number of β-lactam (4-membered cyclic amide) rings is 1. The number of hydrogen-bond donors (Lipinski definition) is 3. The number of carbonyl (C=O) groups is 4. The minimum Gasteiger partial charge on any atom is -0.463 e. The van der Waals surface area contributed by atoms with Crippen LogP contribution in [-0.2, 0) is 47.7 Å². The number of oxime groups is 1. The molecule has 0 aromatic heterocycles. The number of thioether (sulfide) groups is 1. The van der Waals surface area contributed by atoms with E-state index in [1.807, 2.05) is 13.8 Å². The summed E-state index contributed by atoms with van der Waals surface area (Å²) < 4.78 is 46.8. The van der Waals surface area contributed by atoms with Crippen molar-refractivity contribution in [2.24, 2.45) is 10.1 Å². The summed E-state index contributed by atoms with van der Waals surface area (Å²) in [6.07, 6.45) is 0.943.